The third-order valence-electron chi connectivity index (χ3n) is 3.55. The molecule has 0 aromatic rings. The standard InChI is InChI=1S/C9H10Br2O4/c10-6-2-1-3(7(6)11)5(9(14)15)4(2)8(12)13/h2-7H,1H2,(H,12,13)(H,14,15)/t2-,3+,4+,5-,6-,7+. The first-order valence-corrected chi connectivity index (χ1v) is 6.52. The number of hydrogen-bond donors (Lipinski definition) is 2. The minimum absolute atomic E-state index is 0.0687. The van der Waals surface area contributed by atoms with Gasteiger partial charge in [0.2, 0.25) is 0 Å². The molecule has 2 bridgehead atoms. The summed E-state index contributed by atoms with van der Waals surface area (Å²) < 4.78 is 0. The zero-order valence-corrected chi connectivity index (χ0v) is 10.8. The van der Waals surface area contributed by atoms with Crippen molar-refractivity contribution in [1.82, 2.24) is 0 Å². The Balaban J connectivity index is 2.32. The van der Waals surface area contributed by atoms with Gasteiger partial charge in [-0.25, -0.2) is 0 Å². The quantitative estimate of drug-likeness (QED) is 0.747. The number of aliphatic carboxylic acids is 2. The van der Waals surface area contributed by atoms with E-state index >= 15 is 0 Å². The summed E-state index contributed by atoms with van der Waals surface area (Å²) >= 11 is 6.89. The molecule has 15 heavy (non-hydrogen) atoms. The van der Waals surface area contributed by atoms with Gasteiger partial charge in [0, 0.05) is 9.65 Å². The fourth-order valence-corrected chi connectivity index (χ4v) is 4.82. The van der Waals surface area contributed by atoms with Crippen molar-refractivity contribution in [2.24, 2.45) is 23.7 Å². The van der Waals surface area contributed by atoms with Gasteiger partial charge in [-0.1, -0.05) is 31.9 Å². The van der Waals surface area contributed by atoms with Gasteiger partial charge >= 0.3 is 11.9 Å². The predicted octanol–water partition coefficient (Wildman–Crippen LogP) is 1.56. The first-order chi connectivity index (χ1) is 6.95. The molecule has 2 aliphatic carbocycles. The van der Waals surface area contributed by atoms with Gasteiger partial charge in [0.25, 0.3) is 0 Å². The molecule has 2 aliphatic rings. The van der Waals surface area contributed by atoms with Crippen LogP contribution in [0.1, 0.15) is 6.42 Å². The molecule has 6 atom stereocenters. The second-order valence-electron chi connectivity index (χ2n) is 4.18. The Morgan fingerprint density at radius 2 is 1.27 bits per heavy atom. The van der Waals surface area contributed by atoms with Crippen molar-refractivity contribution in [3.8, 4) is 0 Å². The average Bonchev–Trinajstić information content (AvgIpc) is 2.64. The van der Waals surface area contributed by atoms with E-state index in [1.165, 1.54) is 0 Å². The van der Waals surface area contributed by atoms with E-state index in [1.807, 2.05) is 0 Å². The van der Waals surface area contributed by atoms with Crippen LogP contribution >= 0.6 is 31.9 Å². The van der Waals surface area contributed by atoms with Crippen molar-refractivity contribution in [3.63, 3.8) is 0 Å². The van der Waals surface area contributed by atoms with Crippen molar-refractivity contribution in [2.45, 2.75) is 16.1 Å². The van der Waals surface area contributed by atoms with Gasteiger partial charge in [-0.3, -0.25) is 9.59 Å². The molecule has 84 valence electrons. The largest absolute Gasteiger partial charge is 0.481 e. The monoisotopic (exact) mass is 340 g/mol. The first-order valence-electron chi connectivity index (χ1n) is 4.69. The number of carbonyl (C=O) groups is 2. The number of rotatable bonds is 2. The second kappa shape index (κ2) is 3.73. The van der Waals surface area contributed by atoms with Gasteiger partial charge in [-0.05, 0) is 18.3 Å². The highest BCUT2D eigenvalue weighted by atomic mass is 79.9. The Bertz CT molecular complexity index is 289. The average molecular weight is 342 g/mol. The summed E-state index contributed by atoms with van der Waals surface area (Å²) in [4.78, 5) is 22.3. The molecule has 0 unspecified atom stereocenters. The maximum absolute atomic E-state index is 11.1. The molecule has 2 rings (SSSR count). The number of alkyl halides is 2. The fourth-order valence-electron chi connectivity index (χ4n) is 2.94. The van der Waals surface area contributed by atoms with E-state index in [0.29, 0.717) is 6.42 Å². The Morgan fingerprint density at radius 3 is 1.53 bits per heavy atom. The van der Waals surface area contributed by atoms with Crippen LogP contribution in [0, 0.1) is 23.7 Å². The molecular formula is C9H10Br2O4. The maximum atomic E-state index is 11.1. The van der Waals surface area contributed by atoms with Crippen LogP contribution in [-0.2, 0) is 9.59 Å². The molecule has 2 saturated carbocycles. The molecule has 2 fully saturated rings. The van der Waals surface area contributed by atoms with E-state index in [9.17, 15) is 9.59 Å². The summed E-state index contributed by atoms with van der Waals surface area (Å²) in [5.41, 5.74) is 0. The number of carboxylic acids is 2. The van der Waals surface area contributed by atoms with Crippen LogP contribution in [0.25, 0.3) is 0 Å². The van der Waals surface area contributed by atoms with Gasteiger partial charge in [-0.2, -0.15) is 0 Å². The lowest BCUT2D eigenvalue weighted by Gasteiger charge is -2.31. The number of carboxylic acid groups (broad SMARTS) is 2. The normalized spacial score (nSPS) is 48.1. The van der Waals surface area contributed by atoms with Crippen LogP contribution in [0.5, 0.6) is 0 Å². The van der Waals surface area contributed by atoms with E-state index in [2.05, 4.69) is 31.9 Å². The molecule has 0 saturated heterocycles. The minimum Gasteiger partial charge on any atom is -0.481 e. The molecule has 0 spiro atoms. The predicted molar refractivity (Wildman–Crippen MR) is 59.3 cm³/mol. The summed E-state index contributed by atoms with van der Waals surface area (Å²) in [6.45, 7) is 0. The molecule has 0 amide bonds. The molecule has 4 nitrogen and oxygen atoms in total. The van der Waals surface area contributed by atoms with Gasteiger partial charge in [-0.15, -0.1) is 0 Å². The first kappa shape index (κ1) is 11.4. The highest BCUT2D eigenvalue weighted by Crippen LogP contribution is 2.57. The SMILES string of the molecule is O=C(O)[C@@H]1[C@@H]2C[C@@H]([C@@H](Br)[C@H]2Br)[C@@H]1C(=O)O. The van der Waals surface area contributed by atoms with Crippen molar-refractivity contribution in [1.29, 1.82) is 0 Å². The fraction of sp³-hybridized carbons (Fsp3) is 0.778. The van der Waals surface area contributed by atoms with Crippen molar-refractivity contribution < 1.29 is 19.8 Å². The zero-order chi connectivity index (χ0) is 11.3. The van der Waals surface area contributed by atoms with Crippen LogP contribution in [-0.4, -0.2) is 31.8 Å². The summed E-state index contributed by atoms with van der Waals surface area (Å²) in [6.07, 6.45) is 0.680. The summed E-state index contributed by atoms with van der Waals surface area (Å²) in [5, 5.41) is 18.1. The smallest absolute Gasteiger partial charge is 0.307 e. The Hall–Kier alpha value is -0.100. The van der Waals surface area contributed by atoms with E-state index in [1.54, 1.807) is 0 Å². The molecule has 0 aliphatic heterocycles. The van der Waals surface area contributed by atoms with Crippen LogP contribution in [0.2, 0.25) is 0 Å². The minimum atomic E-state index is -0.987. The van der Waals surface area contributed by atoms with Crippen molar-refractivity contribution in [3.05, 3.63) is 0 Å². The summed E-state index contributed by atoms with van der Waals surface area (Å²) in [5.74, 6) is -3.61. The Morgan fingerprint density at radius 1 is 0.933 bits per heavy atom. The topological polar surface area (TPSA) is 74.6 Å². The molecule has 0 aromatic heterocycles. The Kier molecular flexibility index (Phi) is 2.83. The maximum Gasteiger partial charge on any atom is 0.307 e. The lowest BCUT2D eigenvalue weighted by Crippen LogP contribution is -2.43. The van der Waals surface area contributed by atoms with Crippen molar-refractivity contribution >= 4 is 43.8 Å². The highest BCUT2D eigenvalue weighted by molar-refractivity contribution is 9.12. The molecule has 0 heterocycles. The van der Waals surface area contributed by atoms with E-state index in [4.69, 9.17) is 10.2 Å². The molecule has 0 radical (unpaired) electrons. The van der Waals surface area contributed by atoms with Crippen LogP contribution in [0.3, 0.4) is 0 Å². The second-order valence-corrected chi connectivity index (χ2v) is 6.29. The molecule has 0 aromatic carbocycles. The van der Waals surface area contributed by atoms with E-state index < -0.39 is 23.8 Å². The summed E-state index contributed by atoms with van der Waals surface area (Å²) in [6, 6.07) is 0. The van der Waals surface area contributed by atoms with Crippen LogP contribution in [0.4, 0.5) is 0 Å². The Labute approximate surface area is 103 Å². The number of hydrogen-bond acceptors (Lipinski definition) is 2. The molecule has 2 N–H and O–H groups in total. The highest BCUT2D eigenvalue weighted by Gasteiger charge is 2.61. The third kappa shape index (κ3) is 1.53. The van der Waals surface area contributed by atoms with Gasteiger partial charge < -0.3 is 10.2 Å². The van der Waals surface area contributed by atoms with E-state index in [-0.39, 0.29) is 21.5 Å². The van der Waals surface area contributed by atoms with Gasteiger partial charge in [0.1, 0.15) is 0 Å². The molecular weight excluding hydrogens is 332 g/mol. The van der Waals surface area contributed by atoms with Crippen LogP contribution in [0.15, 0.2) is 0 Å². The van der Waals surface area contributed by atoms with Crippen LogP contribution < -0.4 is 0 Å². The lowest BCUT2D eigenvalue weighted by molar-refractivity contribution is -0.155. The van der Waals surface area contributed by atoms with Gasteiger partial charge in [0.15, 0.2) is 0 Å². The van der Waals surface area contributed by atoms with Gasteiger partial charge in [0.05, 0.1) is 11.8 Å². The number of halogens is 2. The van der Waals surface area contributed by atoms with E-state index in [0.717, 1.165) is 0 Å². The number of fused-ring (bicyclic) bond motifs is 2. The molecule has 6 heteroatoms. The summed E-state index contributed by atoms with van der Waals surface area (Å²) in [7, 11) is 0. The third-order valence-corrected chi connectivity index (χ3v) is 6.75. The zero-order valence-electron chi connectivity index (χ0n) is 7.64. The lowest BCUT2D eigenvalue weighted by atomic mass is 9.79. The van der Waals surface area contributed by atoms with Crippen molar-refractivity contribution in [2.75, 3.05) is 0 Å².